The maximum Gasteiger partial charge on any atom is 0.422 e. The van der Waals surface area contributed by atoms with E-state index in [0.717, 1.165) is 0 Å². The first kappa shape index (κ1) is 18.5. The smallest absolute Gasteiger partial charge is 0.422 e. The standard InChI is InChI=1S/C17H14F3N3O4/c1-2-11-12(23-16(25)9-3-4-26-7-9)5-10-14(27-8-17(18,19)20)13(6-24)22-15(10)21-11/h3-7H,2,8H2,1H3,(H,21,22)(H,23,25). The number of furan rings is 1. The molecule has 0 spiro atoms. The number of anilines is 1. The number of H-pyrrole nitrogens is 1. The lowest BCUT2D eigenvalue weighted by atomic mass is 10.2. The molecule has 27 heavy (non-hydrogen) atoms. The number of aromatic amines is 1. The van der Waals surface area contributed by atoms with Crippen molar-refractivity contribution < 1.29 is 31.9 Å². The number of aromatic nitrogens is 2. The highest BCUT2D eigenvalue weighted by molar-refractivity contribution is 6.05. The molecular formula is C17H14F3N3O4. The van der Waals surface area contributed by atoms with E-state index < -0.39 is 18.7 Å². The number of rotatable bonds is 6. The van der Waals surface area contributed by atoms with Crippen molar-refractivity contribution in [3.8, 4) is 5.75 Å². The SMILES string of the molecule is CCc1nc2[nH]c(C=O)c(OCC(F)(F)F)c2cc1NC(=O)c1ccoc1. The topological polar surface area (TPSA) is 97.2 Å². The van der Waals surface area contributed by atoms with Gasteiger partial charge in [0.25, 0.3) is 5.91 Å². The van der Waals surface area contributed by atoms with Crippen molar-refractivity contribution in [1.29, 1.82) is 0 Å². The predicted molar refractivity (Wildman–Crippen MR) is 89.1 cm³/mol. The van der Waals surface area contributed by atoms with Crippen LogP contribution in [0, 0.1) is 0 Å². The summed E-state index contributed by atoms with van der Waals surface area (Å²) in [6.07, 6.45) is -1.19. The number of hydrogen-bond acceptors (Lipinski definition) is 5. The van der Waals surface area contributed by atoms with Gasteiger partial charge in [0.1, 0.15) is 17.6 Å². The van der Waals surface area contributed by atoms with Gasteiger partial charge < -0.3 is 19.5 Å². The first-order valence-corrected chi connectivity index (χ1v) is 7.86. The van der Waals surface area contributed by atoms with Crippen molar-refractivity contribution in [2.75, 3.05) is 11.9 Å². The fourth-order valence-corrected chi connectivity index (χ4v) is 2.51. The van der Waals surface area contributed by atoms with Crippen molar-refractivity contribution in [2.45, 2.75) is 19.5 Å². The largest absolute Gasteiger partial charge is 0.481 e. The maximum atomic E-state index is 12.5. The molecule has 7 nitrogen and oxygen atoms in total. The third kappa shape index (κ3) is 3.94. The number of fused-ring (bicyclic) bond motifs is 1. The average molecular weight is 381 g/mol. The van der Waals surface area contributed by atoms with Crippen LogP contribution in [0.3, 0.4) is 0 Å². The summed E-state index contributed by atoms with van der Waals surface area (Å²) in [4.78, 5) is 30.4. The van der Waals surface area contributed by atoms with Gasteiger partial charge in [-0.3, -0.25) is 9.59 Å². The van der Waals surface area contributed by atoms with E-state index in [1.807, 2.05) is 0 Å². The third-order valence-electron chi connectivity index (χ3n) is 3.71. The molecule has 3 aromatic rings. The van der Waals surface area contributed by atoms with E-state index in [9.17, 15) is 22.8 Å². The maximum absolute atomic E-state index is 12.5. The van der Waals surface area contributed by atoms with Gasteiger partial charge in [0.15, 0.2) is 18.6 Å². The van der Waals surface area contributed by atoms with Crippen molar-refractivity contribution in [3.05, 3.63) is 41.6 Å². The molecule has 0 bridgehead atoms. The summed E-state index contributed by atoms with van der Waals surface area (Å²) in [5.41, 5.74) is 1.08. The zero-order valence-corrected chi connectivity index (χ0v) is 14.0. The Morgan fingerprint density at radius 1 is 1.44 bits per heavy atom. The normalized spacial score (nSPS) is 11.6. The molecule has 0 aromatic carbocycles. The average Bonchev–Trinajstić information content (AvgIpc) is 3.26. The Labute approximate surface area is 150 Å². The molecule has 0 aliphatic heterocycles. The number of halogens is 3. The van der Waals surface area contributed by atoms with Crippen LogP contribution >= 0.6 is 0 Å². The minimum absolute atomic E-state index is 0.154. The molecule has 0 atom stereocenters. The van der Waals surface area contributed by atoms with Crippen LogP contribution in [0.15, 0.2) is 29.1 Å². The lowest BCUT2D eigenvalue weighted by Crippen LogP contribution is -2.19. The Hall–Kier alpha value is -3.30. The molecular weight excluding hydrogens is 367 g/mol. The Morgan fingerprint density at radius 3 is 2.81 bits per heavy atom. The molecule has 10 heteroatoms. The van der Waals surface area contributed by atoms with Gasteiger partial charge in [0.05, 0.1) is 28.6 Å². The van der Waals surface area contributed by atoms with Crippen molar-refractivity contribution in [3.63, 3.8) is 0 Å². The van der Waals surface area contributed by atoms with Crippen LogP contribution in [0.2, 0.25) is 0 Å². The molecule has 0 saturated heterocycles. The van der Waals surface area contributed by atoms with E-state index in [1.165, 1.54) is 24.7 Å². The number of alkyl halides is 3. The zero-order chi connectivity index (χ0) is 19.6. The van der Waals surface area contributed by atoms with Crippen LogP contribution in [0.5, 0.6) is 5.75 Å². The Morgan fingerprint density at radius 2 is 2.22 bits per heavy atom. The second-order valence-corrected chi connectivity index (χ2v) is 5.59. The van der Waals surface area contributed by atoms with E-state index in [4.69, 9.17) is 9.15 Å². The molecule has 0 radical (unpaired) electrons. The zero-order valence-electron chi connectivity index (χ0n) is 14.0. The lowest BCUT2D eigenvalue weighted by molar-refractivity contribution is -0.153. The molecule has 0 fully saturated rings. The molecule has 3 heterocycles. The second-order valence-electron chi connectivity index (χ2n) is 5.59. The van der Waals surface area contributed by atoms with Gasteiger partial charge in [0, 0.05) is 0 Å². The van der Waals surface area contributed by atoms with Gasteiger partial charge >= 0.3 is 6.18 Å². The number of carbonyl (C=O) groups is 2. The van der Waals surface area contributed by atoms with Crippen LogP contribution < -0.4 is 10.1 Å². The van der Waals surface area contributed by atoms with Crippen LogP contribution in [0.4, 0.5) is 18.9 Å². The minimum atomic E-state index is -4.57. The number of aryl methyl sites for hydroxylation is 1. The highest BCUT2D eigenvalue weighted by Gasteiger charge is 2.30. The quantitative estimate of drug-likeness (QED) is 0.634. The third-order valence-corrected chi connectivity index (χ3v) is 3.71. The monoisotopic (exact) mass is 381 g/mol. The van der Waals surface area contributed by atoms with Gasteiger partial charge in [-0.25, -0.2) is 4.98 Å². The number of nitrogens with one attached hydrogen (secondary N) is 2. The van der Waals surface area contributed by atoms with Gasteiger partial charge in [-0.05, 0) is 18.6 Å². The van der Waals surface area contributed by atoms with E-state index in [2.05, 4.69) is 15.3 Å². The summed E-state index contributed by atoms with van der Waals surface area (Å²) < 4.78 is 47.2. The van der Waals surface area contributed by atoms with E-state index in [-0.39, 0.29) is 28.0 Å². The van der Waals surface area contributed by atoms with Gasteiger partial charge in [-0.1, -0.05) is 6.92 Å². The van der Waals surface area contributed by atoms with E-state index in [1.54, 1.807) is 6.92 Å². The van der Waals surface area contributed by atoms with Crippen molar-refractivity contribution in [1.82, 2.24) is 9.97 Å². The summed E-state index contributed by atoms with van der Waals surface area (Å²) in [6, 6.07) is 2.89. The molecule has 142 valence electrons. The van der Waals surface area contributed by atoms with Crippen LogP contribution in [-0.2, 0) is 6.42 Å². The van der Waals surface area contributed by atoms with Gasteiger partial charge in [-0.15, -0.1) is 0 Å². The van der Waals surface area contributed by atoms with Crippen LogP contribution in [-0.4, -0.2) is 34.9 Å². The number of aldehydes is 1. The van der Waals surface area contributed by atoms with Gasteiger partial charge in [0.2, 0.25) is 0 Å². The summed E-state index contributed by atoms with van der Waals surface area (Å²) in [7, 11) is 0. The number of amides is 1. The Balaban J connectivity index is 2.03. The van der Waals surface area contributed by atoms with Gasteiger partial charge in [-0.2, -0.15) is 13.2 Å². The molecule has 3 aromatic heterocycles. The number of hydrogen-bond donors (Lipinski definition) is 2. The number of nitrogens with zero attached hydrogens (tertiary/aromatic N) is 1. The molecule has 0 unspecified atom stereocenters. The van der Waals surface area contributed by atoms with Crippen LogP contribution in [0.25, 0.3) is 11.0 Å². The second kappa shape index (κ2) is 7.14. The molecule has 0 aliphatic carbocycles. The highest BCUT2D eigenvalue weighted by Crippen LogP contribution is 2.33. The Bertz CT molecular complexity index is 978. The van der Waals surface area contributed by atoms with Crippen molar-refractivity contribution >= 4 is 28.9 Å². The molecule has 1 amide bonds. The fourth-order valence-electron chi connectivity index (χ4n) is 2.51. The molecule has 0 saturated carbocycles. The number of carbonyl (C=O) groups excluding carboxylic acids is 2. The fraction of sp³-hybridized carbons (Fsp3) is 0.235. The lowest BCUT2D eigenvalue weighted by Gasteiger charge is -2.11. The summed E-state index contributed by atoms with van der Waals surface area (Å²) in [5, 5.41) is 2.80. The number of pyridine rings is 1. The van der Waals surface area contributed by atoms with Crippen molar-refractivity contribution in [2.24, 2.45) is 0 Å². The number of ether oxygens (including phenoxy) is 1. The first-order valence-electron chi connectivity index (χ1n) is 7.86. The first-order chi connectivity index (χ1) is 12.8. The van der Waals surface area contributed by atoms with E-state index in [0.29, 0.717) is 24.1 Å². The summed E-state index contributed by atoms with van der Waals surface area (Å²) in [5.74, 6) is -0.741. The summed E-state index contributed by atoms with van der Waals surface area (Å²) >= 11 is 0. The molecule has 0 aliphatic rings. The minimum Gasteiger partial charge on any atom is -0.481 e. The summed E-state index contributed by atoms with van der Waals surface area (Å²) in [6.45, 7) is 0.235. The Kier molecular flexibility index (Phi) is 4.89. The van der Waals surface area contributed by atoms with E-state index >= 15 is 0 Å². The highest BCUT2D eigenvalue weighted by atomic mass is 19.4. The molecule has 2 N–H and O–H groups in total. The molecule has 3 rings (SSSR count). The van der Waals surface area contributed by atoms with Crippen LogP contribution in [0.1, 0.15) is 33.5 Å². The predicted octanol–water partition coefficient (Wildman–Crippen LogP) is 3.72.